The number of nitrogens with zero attached hydrogens (tertiary/aromatic N) is 5. The standard InChI is InChI=1S/C18H17F2N5O/c1-10-7-11(2)25-18(21-10)22-16(23-25)17(26)24(14-5-6-14)9-12-3-4-13(19)8-15(12)20/h3-4,7-8,14H,5-6,9H2,1-2H3. The molecule has 1 aliphatic rings. The van der Waals surface area contributed by atoms with Crippen LogP contribution in [0.1, 0.15) is 40.4 Å². The van der Waals surface area contributed by atoms with Crippen LogP contribution in [0.15, 0.2) is 24.3 Å². The van der Waals surface area contributed by atoms with Gasteiger partial charge in [0.05, 0.1) is 0 Å². The molecule has 26 heavy (non-hydrogen) atoms. The van der Waals surface area contributed by atoms with E-state index in [4.69, 9.17) is 0 Å². The highest BCUT2D eigenvalue weighted by molar-refractivity contribution is 5.91. The number of benzene rings is 1. The first-order valence-electron chi connectivity index (χ1n) is 8.38. The van der Waals surface area contributed by atoms with Crippen molar-refractivity contribution in [3.63, 3.8) is 0 Å². The topological polar surface area (TPSA) is 63.4 Å². The van der Waals surface area contributed by atoms with Crippen molar-refractivity contribution in [2.45, 2.75) is 39.3 Å². The van der Waals surface area contributed by atoms with Crippen molar-refractivity contribution in [3.8, 4) is 0 Å². The van der Waals surface area contributed by atoms with Crippen molar-refractivity contribution in [3.05, 3.63) is 58.7 Å². The highest BCUT2D eigenvalue weighted by Crippen LogP contribution is 2.30. The molecule has 0 atom stereocenters. The maximum absolute atomic E-state index is 14.0. The van der Waals surface area contributed by atoms with Crippen LogP contribution in [0.5, 0.6) is 0 Å². The number of amides is 1. The molecule has 2 aromatic heterocycles. The zero-order chi connectivity index (χ0) is 18.4. The number of hydrogen-bond donors (Lipinski definition) is 0. The Kier molecular flexibility index (Phi) is 3.90. The number of carbonyl (C=O) groups is 1. The molecule has 0 aliphatic heterocycles. The number of rotatable bonds is 4. The summed E-state index contributed by atoms with van der Waals surface area (Å²) >= 11 is 0. The third-order valence-corrected chi connectivity index (χ3v) is 4.41. The first-order valence-corrected chi connectivity index (χ1v) is 8.38. The van der Waals surface area contributed by atoms with E-state index in [2.05, 4.69) is 15.1 Å². The zero-order valence-corrected chi connectivity index (χ0v) is 14.4. The predicted octanol–water partition coefficient (Wildman–Crippen LogP) is 2.82. The highest BCUT2D eigenvalue weighted by Gasteiger charge is 2.35. The van der Waals surface area contributed by atoms with Gasteiger partial charge >= 0.3 is 0 Å². The van der Waals surface area contributed by atoms with Crippen molar-refractivity contribution in [1.82, 2.24) is 24.5 Å². The maximum atomic E-state index is 14.0. The molecule has 8 heteroatoms. The first-order chi connectivity index (χ1) is 12.4. The van der Waals surface area contributed by atoms with Crippen molar-refractivity contribution >= 4 is 11.7 Å². The van der Waals surface area contributed by atoms with Gasteiger partial charge in [-0.05, 0) is 38.8 Å². The van der Waals surface area contributed by atoms with Gasteiger partial charge in [-0.3, -0.25) is 4.79 Å². The second kappa shape index (κ2) is 6.12. The molecule has 1 amide bonds. The third-order valence-electron chi connectivity index (χ3n) is 4.41. The van der Waals surface area contributed by atoms with Gasteiger partial charge in [0.2, 0.25) is 5.82 Å². The van der Waals surface area contributed by atoms with E-state index in [-0.39, 0.29) is 29.9 Å². The van der Waals surface area contributed by atoms with E-state index in [0.717, 1.165) is 30.3 Å². The molecule has 0 radical (unpaired) electrons. The van der Waals surface area contributed by atoms with Crippen LogP contribution in [-0.4, -0.2) is 36.4 Å². The molecule has 134 valence electrons. The number of halogens is 2. The summed E-state index contributed by atoms with van der Waals surface area (Å²) in [4.78, 5) is 23.0. The van der Waals surface area contributed by atoms with Gasteiger partial charge in [0.1, 0.15) is 11.6 Å². The minimum atomic E-state index is -0.667. The summed E-state index contributed by atoms with van der Waals surface area (Å²) in [5, 5.41) is 4.26. The summed E-state index contributed by atoms with van der Waals surface area (Å²) in [5.41, 5.74) is 1.87. The highest BCUT2D eigenvalue weighted by atomic mass is 19.1. The van der Waals surface area contributed by atoms with E-state index in [1.165, 1.54) is 16.6 Å². The molecule has 0 spiro atoms. The number of carbonyl (C=O) groups excluding carboxylic acids is 1. The molecule has 0 bridgehead atoms. The molecular formula is C18H17F2N5O. The van der Waals surface area contributed by atoms with Crippen LogP contribution in [0, 0.1) is 25.5 Å². The lowest BCUT2D eigenvalue weighted by Crippen LogP contribution is -2.33. The first kappa shape index (κ1) is 16.6. The largest absolute Gasteiger partial charge is 0.328 e. The Balaban J connectivity index is 1.67. The molecule has 1 aromatic carbocycles. The van der Waals surface area contributed by atoms with Crippen molar-refractivity contribution in [2.24, 2.45) is 0 Å². The van der Waals surface area contributed by atoms with Crippen molar-refractivity contribution < 1.29 is 13.6 Å². The summed E-state index contributed by atoms with van der Waals surface area (Å²) in [6, 6.07) is 5.24. The molecule has 0 saturated heterocycles. The Morgan fingerprint density at radius 3 is 2.69 bits per heavy atom. The Morgan fingerprint density at radius 1 is 1.23 bits per heavy atom. The molecule has 3 aromatic rings. The third kappa shape index (κ3) is 3.02. The average Bonchev–Trinajstić information content (AvgIpc) is 3.32. The van der Waals surface area contributed by atoms with Crippen LogP contribution < -0.4 is 0 Å². The van der Waals surface area contributed by atoms with Crippen LogP contribution in [0.3, 0.4) is 0 Å². The number of aryl methyl sites for hydroxylation is 2. The predicted molar refractivity (Wildman–Crippen MR) is 89.5 cm³/mol. The van der Waals surface area contributed by atoms with E-state index < -0.39 is 11.6 Å². The fourth-order valence-corrected chi connectivity index (χ4v) is 2.97. The van der Waals surface area contributed by atoms with Crippen molar-refractivity contribution in [2.75, 3.05) is 0 Å². The SMILES string of the molecule is Cc1cc(C)n2nc(C(=O)N(Cc3ccc(F)cc3F)C3CC3)nc2n1. The summed E-state index contributed by atoms with van der Waals surface area (Å²) < 4.78 is 28.6. The second-order valence-corrected chi connectivity index (χ2v) is 6.59. The summed E-state index contributed by atoms with van der Waals surface area (Å²) in [7, 11) is 0. The van der Waals surface area contributed by atoms with E-state index in [1.54, 1.807) is 4.90 Å². The quantitative estimate of drug-likeness (QED) is 0.720. The molecule has 0 unspecified atom stereocenters. The average molecular weight is 357 g/mol. The Bertz CT molecular complexity index is 1010. The van der Waals surface area contributed by atoms with Crippen molar-refractivity contribution in [1.29, 1.82) is 0 Å². The van der Waals surface area contributed by atoms with Gasteiger partial charge in [0.15, 0.2) is 0 Å². The smallest absolute Gasteiger partial charge is 0.294 e. The maximum Gasteiger partial charge on any atom is 0.294 e. The summed E-state index contributed by atoms with van der Waals surface area (Å²) in [6.07, 6.45) is 1.69. The Labute approximate surface area is 148 Å². The van der Waals surface area contributed by atoms with Gasteiger partial charge in [-0.2, -0.15) is 4.98 Å². The lowest BCUT2D eigenvalue weighted by Gasteiger charge is -2.21. The monoisotopic (exact) mass is 357 g/mol. The molecule has 0 N–H and O–H groups in total. The van der Waals surface area contributed by atoms with Crippen LogP contribution in [0.4, 0.5) is 8.78 Å². The minimum absolute atomic E-state index is 0.0226. The molecule has 1 fully saturated rings. The zero-order valence-electron chi connectivity index (χ0n) is 14.4. The van der Waals surface area contributed by atoms with Gasteiger partial charge in [-0.15, -0.1) is 5.10 Å². The number of fused-ring (bicyclic) bond motifs is 1. The van der Waals surface area contributed by atoms with Gasteiger partial charge < -0.3 is 4.90 Å². The van der Waals surface area contributed by atoms with Crippen LogP contribution in [-0.2, 0) is 6.54 Å². The fraction of sp³-hybridized carbons (Fsp3) is 0.333. The minimum Gasteiger partial charge on any atom is -0.328 e. The second-order valence-electron chi connectivity index (χ2n) is 6.59. The fourth-order valence-electron chi connectivity index (χ4n) is 2.97. The van der Waals surface area contributed by atoms with Crippen LogP contribution in [0.2, 0.25) is 0 Å². The van der Waals surface area contributed by atoms with E-state index in [1.807, 2.05) is 19.9 Å². The molecular weight excluding hydrogens is 340 g/mol. The molecule has 6 nitrogen and oxygen atoms in total. The van der Waals surface area contributed by atoms with Crippen LogP contribution in [0.25, 0.3) is 5.78 Å². The number of aromatic nitrogens is 4. The number of hydrogen-bond acceptors (Lipinski definition) is 4. The van der Waals surface area contributed by atoms with Gasteiger partial charge in [-0.25, -0.2) is 18.3 Å². The van der Waals surface area contributed by atoms with Gasteiger partial charge in [-0.1, -0.05) is 6.07 Å². The van der Waals surface area contributed by atoms with E-state index in [0.29, 0.717) is 5.78 Å². The van der Waals surface area contributed by atoms with E-state index >= 15 is 0 Å². The Morgan fingerprint density at radius 2 is 2.00 bits per heavy atom. The normalized spacial score (nSPS) is 14.0. The summed E-state index contributed by atoms with van der Waals surface area (Å²) in [5.74, 6) is -1.30. The molecule has 2 heterocycles. The lowest BCUT2D eigenvalue weighted by atomic mass is 10.2. The van der Waals surface area contributed by atoms with E-state index in [9.17, 15) is 13.6 Å². The van der Waals surface area contributed by atoms with Crippen LogP contribution >= 0.6 is 0 Å². The van der Waals surface area contributed by atoms with Gasteiger partial charge in [0, 0.05) is 35.6 Å². The van der Waals surface area contributed by atoms with Gasteiger partial charge in [0.25, 0.3) is 11.7 Å². The summed E-state index contributed by atoms with van der Waals surface area (Å²) in [6.45, 7) is 3.75. The lowest BCUT2D eigenvalue weighted by molar-refractivity contribution is 0.0716. The Hall–Kier alpha value is -2.90. The molecule has 4 rings (SSSR count). The molecule has 1 saturated carbocycles. The molecule has 1 aliphatic carbocycles.